The van der Waals surface area contributed by atoms with Crippen molar-refractivity contribution in [1.82, 2.24) is 0 Å². The summed E-state index contributed by atoms with van der Waals surface area (Å²) in [5, 5.41) is 6.92. The molecular formula is C22H22N3O2S+. The molecule has 1 aromatic heterocycles. The maximum absolute atomic E-state index is 13.0. The molecule has 3 aromatic rings. The largest absolute Gasteiger partial charge is 0.328 e. The summed E-state index contributed by atoms with van der Waals surface area (Å²) in [7, 11) is 0. The summed E-state index contributed by atoms with van der Waals surface area (Å²) in [5.74, 6) is -0.239. The number of para-hydroxylation sites is 2. The fourth-order valence-corrected chi connectivity index (χ4v) is 4.29. The minimum atomic E-state index is -0.166. The molecule has 1 aliphatic heterocycles. The summed E-state index contributed by atoms with van der Waals surface area (Å²) in [6.45, 7) is 2.38. The van der Waals surface area contributed by atoms with E-state index in [0.29, 0.717) is 5.69 Å². The van der Waals surface area contributed by atoms with Crippen molar-refractivity contribution < 1.29 is 14.9 Å². The van der Waals surface area contributed by atoms with Crippen LogP contribution in [0.15, 0.2) is 66.0 Å². The molecule has 6 heteroatoms. The zero-order valence-corrected chi connectivity index (χ0v) is 16.4. The van der Waals surface area contributed by atoms with E-state index in [-0.39, 0.29) is 30.9 Å². The first kappa shape index (κ1) is 18.4. The topological polar surface area (TPSA) is 66.0 Å². The lowest BCUT2D eigenvalue weighted by Gasteiger charge is -2.29. The van der Waals surface area contributed by atoms with Crippen LogP contribution >= 0.6 is 11.3 Å². The van der Waals surface area contributed by atoms with Crippen molar-refractivity contribution in [3.8, 4) is 0 Å². The van der Waals surface area contributed by atoms with E-state index in [2.05, 4.69) is 48.0 Å². The lowest BCUT2D eigenvalue weighted by molar-refractivity contribution is -0.676. The molecule has 142 valence electrons. The summed E-state index contributed by atoms with van der Waals surface area (Å²) >= 11 is 1.69. The number of fused-ring (bicyclic) bond motifs is 1. The van der Waals surface area contributed by atoms with Gasteiger partial charge >= 0.3 is 0 Å². The number of nitrogens with one attached hydrogen (secondary N) is 1. The number of thiophene rings is 1. The second-order valence-electron chi connectivity index (χ2n) is 6.89. The molecule has 0 bridgehead atoms. The lowest BCUT2D eigenvalue weighted by atomic mass is 10.0. The number of quaternary nitrogens is 1. The molecule has 2 amide bonds. The van der Waals surface area contributed by atoms with Crippen LogP contribution in [-0.2, 0) is 9.59 Å². The van der Waals surface area contributed by atoms with Gasteiger partial charge in [0.25, 0.3) is 5.91 Å². The number of nitrogens with two attached hydrogens (primary N) is 1. The Morgan fingerprint density at radius 3 is 2.68 bits per heavy atom. The number of hydrogen-bond acceptors (Lipinski definition) is 3. The van der Waals surface area contributed by atoms with Gasteiger partial charge in [-0.3, -0.25) is 14.5 Å². The monoisotopic (exact) mass is 392 g/mol. The minimum Gasteiger partial charge on any atom is -0.328 e. The Morgan fingerprint density at radius 1 is 1.14 bits per heavy atom. The van der Waals surface area contributed by atoms with Gasteiger partial charge in [-0.05, 0) is 30.5 Å². The number of rotatable bonds is 5. The number of nitrogens with zero attached hydrogens (tertiary/aromatic N) is 1. The number of hydrogen-bond donors (Lipinski definition) is 2. The quantitative estimate of drug-likeness (QED) is 0.701. The summed E-state index contributed by atoms with van der Waals surface area (Å²) in [6, 6.07) is 20.0. The predicted molar refractivity (Wildman–Crippen MR) is 112 cm³/mol. The van der Waals surface area contributed by atoms with Gasteiger partial charge in [0.05, 0.1) is 16.3 Å². The standard InChI is InChI=1S/C22H21N3O2S/c1-15-8-10-16(11-9-15)22(19-7-4-12-28-19)23-13-21(27)25-14-20(26)24-17-5-2-3-6-18(17)25/h2-12,22-23H,13-14H2,1H3,(H,24,26)/p+1/t22-/m1/s1. The molecule has 28 heavy (non-hydrogen) atoms. The molecule has 2 aromatic carbocycles. The van der Waals surface area contributed by atoms with Gasteiger partial charge in [-0.1, -0.05) is 48.0 Å². The number of carbonyl (C=O) groups excluding carboxylic acids is 2. The molecule has 0 spiro atoms. The van der Waals surface area contributed by atoms with E-state index in [1.54, 1.807) is 16.2 Å². The van der Waals surface area contributed by atoms with Crippen molar-refractivity contribution in [2.45, 2.75) is 13.0 Å². The molecule has 1 aliphatic rings. The Bertz CT molecular complexity index is 983. The fraction of sp³-hybridized carbons (Fsp3) is 0.182. The Labute approximate surface area is 168 Å². The van der Waals surface area contributed by atoms with Gasteiger partial charge in [0, 0.05) is 5.56 Å². The molecular weight excluding hydrogens is 370 g/mol. The Morgan fingerprint density at radius 2 is 1.93 bits per heavy atom. The second kappa shape index (κ2) is 7.96. The van der Waals surface area contributed by atoms with Crippen molar-refractivity contribution in [1.29, 1.82) is 0 Å². The number of anilines is 2. The van der Waals surface area contributed by atoms with Crippen LogP contribution in [0.25, 0.3) is 0 Å². The van der Waals surface area contributed by atoms with E-state index in [4.69, 9.17) is 0 Å². The van der Waals surface area contributed by atoms with Crippen molar-refractivity contribution in [3.05, 3.63) is 82.0 Å². The van der Waals surface area contributed by atoms with Crippen LogP contribution in [0, 0.1) is 6.92 Å². The van der Waals surface area contributed by atoms with Gasteiger partial charge < -0.3 is 10.6 Å². The smallest absolute Gasteiger partial charge is 0.282 e. The summed E-state index contributed by atoms with van der Waals surface area (Å²) in [5.41, 5.74) is 3.81. The Hall–Kier alpha value is -2.96. The van der Waals surface area contributed by atoms with Crippen LogP contribution in [0.5, 0.6) is 0 Å². The van der Waals surface area contributed by atoms with Gasteiger partial charge in [0.15, 0.2) is 6.54 Å². The number of benzene rings is 2. The third-order valence-corrected chi connectivity index (χ3v) is 5.84. The maximum Gasteiger partial charge on any atom is 0.282 e. The van der Waals surface area contributed by atoms with Crippen LogP contribution in [0.3, 0.4) is 0 Å². The summed E-state index contributed by atoms with van der Waals surface area (Å²) in [4.78, 5) is 27.8. The Balaban J connectivity index is 1.54. The zero-order valence-electron chi connectivity index (χ0n) is 15.6. The maximum atomic E-state index is 13.0. The highest BCUT2D eigenvalue weighted by Gasteiger charge is 2.28. The average molecular weight is 393 g/mol. The molecule has 0 saturated carbocycles. The first-order valence-corrected chi connectivity index (χ1v) is 10.1. The lowest BCUT2D eigenvalue weighted by Crippen LogP contribution is -2.87. The van der Waals surface area contributed by atoms with Crippen LogP contribution < -0.4 is 15.5 Å². The van der Waals surface area contributed by atoms with E-state index < -0.39 is 0 Å². The first-order valence-electron chi connectivity index (χ1n) is 9.24. The highest BCUT2D eigenvalue weighted by molar-refractivity contribution is 7.10. The van der Waals surface area contributed by atoms with E-state index in [9.17, 15) is 9.59 Å². The average Bonchev–Trinajstić information content (AvgIpc) is 3.23. The van der Waals surface area contributed by atoms with Crippen molar-refractivity contribution in [3.63, 3.8) is 0 Å². The third kappa shape index (κ3) is 3.83. The van der Waals surface area contributed by atoms with Crippen LogP contribution in [0.2, 0.25) is 0 Å². The summed E-state index contributed by atoms with van der Waals surface area (Å²) in [6.07, 6.45) is 0. The van der Waals surface area contributed by atoms with Crippen LogP contribution in [0.1, 0.15) is 22.0 Å². The van der Waals surface area contributed by atoms with Crippen molar-refractivity contribution >= 4 is 34.5 Å². The zero-order chi connectivity index (χ0) is 19.5. The molecule has 3 N–H and O–H groups in total. The SMILES string of the molecule is Cc1ccc([C@@H]([NH2+]CC(=O)N2CC(=O)Nc3ccccc32)c2cccs2)cc1. The number of aryl methyl sites for hydroxylation is 1. The van der Waals surface area contributed by atoms with E-state index >= 15 is 0 Å². The normalized spacial score (nSPS) is 14.3. The van der Waals surface area contributed by atoms with Gasteiger partial charge in [0.1, 0.15) is 12.6 Å². The van der Waals surface area contributed by atoms with Crippen LogP contribution in [-0.4, -0.2) is 24.9 Å². The molecule has 0 saturated heterocycles. The predicted octanol–water partition coefficient (Wildman–Crippen LogP) is 2.69. The highest BCUT2D eigenvalue weighted by Crippen LogP contribution is 2.29. The first-order chi connectivity index (χ1) is 13.6. The van der Waals surface area contributed by atoms with Crippen molar-refractivity contribution in [2.75, 3.05) is 23.3 Å². The number of amides is 2. The second-order valence-corrected chi connectivity index (χ2v) is 7.87. The molecule has 0 radical (unpaired) electrons. The molecule has 4 rings (SSSR count). The molecule has 0 fully saturated rings. The van der Waals surface area contributed by atoms with E-state index in [0.717, 1.165) is 11.3 Å². The minimum absolute atomic E-state index is 0.0535. The highest BCUT2D eigenvalue weighted by atomic mass is 32.1. The molecule has 2 heterocycles. The van der Waals surface area contributed by atoms with E-state index in [1.165, 1.54) is 10.4 Å². The molecule has 0 aliphatic carbocycles. The Kier molecular flexibility index (Phi) is 5.23. The van der Waals surface area contributed by atoms with Crippen molar-refractivity contribution in [2.24, 2.45) is 0 Å². The molecule has 0 unspecified atom stereocenters. The van der Waals surface area contributed by atoms with E-state index in [1.807, 2.05) is 35.6 Å². The van der Waals surface area contributed by atoms with Gasteiger partial charge in [-0.15, -0.1) is 11.3 Å². The van der Waals surface area contributed by atoms with Gasteiger partial charge in [-0.2, -0.15) is 0 Å². The fourth-order valence-electron chi connectivity index (χ4n) is 3.44. The third-order valence-electron chi connectivity index (χ3n) is 4.89. The number of carbonyl (C=O) groups is 2. The molecule has 1 atom stereocenters. The van der Waals surface area contributed by atoms with Crippen LogP contribution in [0.4, 0.5) is 11.4 Å². The summed E-state index contributed by atoms with van der Waals surface area (Å²) < 4.78 is 0. The molecule has 5 nitrogen and oxygen atoms in total. The van der Waals surface area contributed by atoms with Gasteiger partial charge in [0.2, 0.25) is 5.91 Å². The van der Waals surface area contributed by atoms with Gasteiger partial charge in [-0.25, -0.2) is 0 Å².